The minimum absolute atomic E-state index is 0.682. The predicted octanol–water partition coefficient (Wildman–Crippen LogP) is 4.03. The molecule has 1 rings (SSSR count). The number of nitrogens with zero attached hydrogens (tertiary/aromatic N) is 3. The van der Waals surface area contributed by atoms with Gasteiger partial charge in [0, 0.05) is 19.5 Å². The van der Waals surface area contributed by atoms with E-state index in [0.29, 0.717) is 11.9 Å². The van der Waals surface area contributed by atoms with Gasteiger partial charge in [0.1, 0.15) is 5.82 Å². The highest BCUT2D eigenvalue weighted by molar-refractivity contribution is 5.34. The lowest BCUT2D eigenvalue weighted by atomic mass is 10.1. The van der Waals surface area contributed by atoms with Crippen molar-refractivity contribution in [3.8, 4) is 0 Å². The Bertz CT molecular complexity index is 357. The van der Waals surface area contributed by atoms with Crippen LogP contribution in [-0.4, -0.2) is 28.0 Å². The molecular formula is C16H31N5. The van der Waals surface area contributed by atoms with Gasteiger partial charge in [0.05, 0.1) is 0 Å². The second-order valence-corrected chi connectivity index (χ2v) is 5.33. The molecule has 2 N–H and O–H groups in total. The van der Waals surface area contributed by atoms with Crippen LogP contribution in [0.2, 0.25) is 0 Å². The Balaban J connectivity index is 2.38. The fourth-order valence-electron chi connectivity index (χ4n) is 2.25. The topological polar surface area (TPSA) is 62.7 Å². The molecule has 0 spiro atoms. The minimum atomic E-state index is 0.682. The Morgan fingerprint density at radius 1 is 0.667 bits per heavy atom. The first-order valence-electron chi connectivity index (χ1n) is 8.52. The molecule has 0 unspecified atom stereocenters. The molecule has 0 aliphatic carbocycles. The van der Waals surface area contributed by atoms with Gasteiger partial charge in [0.25, 0.3) is 0 Å². The maximum Gasteiger partial charge on any atom is 0.227 e. The summed E-state index contributed by atoms with van der Waals surface area (Å²) in [4.78, 5) is 13.3. The van der Waals surface area contributed by atoms with Gasteiger partial charge in [-0.25, -0.2) is 0 Å². The molecule has 21 heavy (non-hydrogen) atoms. The van der Waals surface area contributed by atoms with Crippen LogP contribution < -0.4 is 10.6 Å². The molecule has 0 bridgehead atoms. The van der Waals surface area contributed by atoms with E-state index in [9.17, 15) is 0 Å². The monoisotopic (exact) mass is 293 g/mol. The molecule has 0 aliphatic heterocycles. The second-order valence-electron chi connectivity index (χ2n) is 5.33. The van der Waals surface area contributed by atoms with Crippen molar-refractivity contribution in [1.29, 1.82) is 0 Å². The summed E-state index contributed by atoms with van der Waals surface area (Å²) < 4.78 is 0. The van der Waals surface area contributed by atoms with E-state index in [0.717, 1.165) is 31.8 Å². The van der Waals surface area contributed by atoms with Crippen LogP contribution >= 0.6 is 0 Å². The van der Waals surface area contributed by atoms with Crippen molar-refractivity contribution in [2.24, 2.45) is 0 Å². The summed E-state index contributed by atoms with van der Waals surface area (Å²) in [6, 6.07) is 0. The third-order valence-corrected chi connectivity index (χ3v) is 3.36. The zero-order valence-corrected chi connectivity index (χ0v) is 13.9. The Hall–Kier alpha value is -1.39. The van der Waals surface area contributed by atoms with Gasteiger partial charge in [-0.2, -0.15) is 15.0 Å². The molecule has 0 saturated carbocycles. The number of aryl methyl sites for hydroxylation is 1. The van der Waals surface area contributed by atoms with Crippen LogP contribution in [-0.2, 0) is 6.42 Å². The average Bonchev–Trinajstić information content (AvgIpc) is 2.47. The number of unbranched alkanes of at least 4 members (excludes halogenated alkanes) is 6. The number of rotatable bonds is 12. The molecule has 1 heterocycles. The third kappa shape index (κ3) is 7.83. The molecule has 0 aromatic carbocycles. The number of hydrogen-bond acceptors (Lipinski definition) is 5. The van der Waals surface area contributed by atoms with E-state index in [1.165, 1.54) is 38.5 Å². The lowest BCUT2D eigenvalue weighted by Gasteiger charge is -2.08. The fourth-order valence-corrected chi connectivity index (χ4v) is 2.25. The Morgan fingerprint density at radius 3 is 1.71 bits per heavy atom. The van der Waals surface area contributed by atoms with E-state index in [1.54, 1.807) is 0 Å². The number of anilines is 2. The van der Waals surface area contributed by atoms with Gasteiger partial charge in [-0.1, -0.05) is 45.4 Å². The smallest absolute Gasteiger partial charge is 0.227 e. The Kier molecular flexibility index (Phi) is 9.49. The zero-order chi connectivity index (χ0) is 15.3. The van der Waals surface area contributed by atoms with Gasteiger partial charge >= 0.3 is 0 Å². The lowest BCUT2D eigenvalue weighted by molar-refractivity contribution is 0.584. The van der Waals surface area contributed by atoms with Crippen LogP contribution in [0.1, 0.15) is 71.5 Å². The molecule has 0 amide bonds. The summed E-state index contributed by atoms with van der Waals surface area (Å²) in [6.07, 6.45) is 10.1. The SMILES string of the molecule is CCCCCCCCCc1nc(NCC)nc(NCC)n1. The fraction of sp³-hybridized carbons (Fsp3) is 0.812. The molecule has 1 aromatic heterocycles. The van der Waals surface area contributed by atoms with Gasteiger partial charge in [-0.15, -0.1) is 0 Å². The molecule has 0 saturated heterocycles. The van der Waals surface area contributed by atoms with Gasteiger partial charge in [0.2, 0.25) is 11.9 Å². The minimum Gasteiger partial charge on any atom is -0.354 e. The van der Waals surface area contributed by atoms with Crippen LogP contribution in [0.3, 0.4) is 0 Å². The van der Waals surface area contributed by atoms with Gasteiger partial charge < -0.3 is 10.6 Å². The predicted molar refractivity (Wildman–Crippen MR) is 89.9 cm³/mol. The molecule has 0 radical (unpaired) electrons. The Morgan fingerprint density at radius 2 is 1.19 bits per heavy atom. The summed E-state index contributed by atoms with van der Waals surface area (Å²) in [5.74, 6) is 2.26. The largest absolute Gasteiger partial charge is 0.354 e. The van der Waals surface area contributed by atoms with Crippen molar-refractivity contribution in [3.63, 3.8) is 0 Å². The van der Waals surface area contributed by atoms with Crippen LogP contribution in [0.15, 0.2) is 0 Å². The average molecular weight is 293 g/mol. The molecule has 5 nitrogen and oxygen atoms in total. The van der Waals surface area contributed by atoms with E-state index in [-0.39, 0.29) is 0 Å². The molecule has 0 atom stereocenters. The van der Waals surface area contributed by atoms with Crippen molar-refractivity contribution in [2.45, 2.75) is 72.1 Å². The summed E-state index contributed by atoms with van der Waals surface area (Å²) in [5.41, 5.74) is 0. The molecular weight excluding hydrogens is 262 g/mol. The van der Waals surface area contributed by atoms with Crippen LogP contribution in [0.25, 0.3) is 0 Å². The normalized spacial score (nSPS) is 10.6. The highest BCUT2D eigenvalue weighted by Gasteiger charge is 2.05. The van der Waals surface area contributed by atoms with E-state index in [1.807, 2.05) is 13.8 Å². The zero-order valence-electron chi connectivity index (χ0n) is 13.9. The van der Waals surface area contributed by atoms with Crippen LogP contribution in [0, 0.1) is 0 Å². The van der Waals surface area contributed by atoms with Gasteiger partial charge in [0.15, 0.2) is 0 Å². The van der Waals surface area contributed by atoms with E-state index < -0.39 is 0 Å². The van der Waals surface area contributed by atoms with Gasteiger partial charge in [-0.3, -0.25) is 0 Å². The van der Waals surface area contributed by atoms with Crippen molar-refractivity contribution in [3.05, 3.63) is 5.82 Å². The second kappa shape index (κ2) is 11.3. The quantitative estimate of drug-likeness (QED) is 0.570. The Labute approximate surface area is 129 Å². The summed E-state index contributed by atoms with van der Waals surface area (Å²) in [5, 5.41) is 6.34. The highest BCUT2D eigenvalue weighted by Crippen LogP contribution is 2.11. The van der Waals surface area contributed by atoms with E-state index in [4.69, 9.17) is 0 Å². The van der Waals surface area contributed by atoms with E-state index in [2.05, 4.69) is 32.5 Å². The van der Waals surface area contributed by atoms with E-state index >= 15 is 0 Å². The third-order valence-electron chi connectivity index (χ3n) is 3.36. The molecule has 0 fully saturated rings. The summed E-state index contributed by atoms with van der Waals surface area (Å²) >= 11 is 0. The first kappa shape index (κ1) is 17.7. The first-order valence-corrected chi connectivity index (χ1v) is 8.52. The summed E-state index contributed by atoms with van der Waals surface area (Å²) in [6.45, 7) is 8.00. The van der Waals surface area contributed by atoms with Crippen LogP contribution in [0.5, 0.6) is 0 Å². The molecule has 5 heteroatoms. The van der Waals surface area contributed by atoms with Crippen molar-refractivity contribution in [2.75, 3.05) is 23.7 Å². The lowest BCUT2D eigenvalue weighted by Crippen LogP contribution is -2.11. The van der Waals surface area contributed by atoms with Gasteiger partial charge in [-0.05, 0) is 20.3 Å². The summed E-state index contributed by atoms with van der Waals surface area (Å²) in [7, 11) is 0. The van der Waals surface area contributed by atoms with Crippen molar-refractivity contribution in [1.82, 2.24) is 15.0 Å². The maximum absolute atomic E-state index is 4.48. The van der Waals surface area contributed by atoms with Crippen LogP contribution in [0.4, 0.5) is 11.9 Å². The number of nitrogens with one attached hydrogen (secondary N) is 2. The molecule has 1 aromatic rings. The highest BCUT2D eigenvalue weighted by atomic mass is 15.2. The molecule has 0 aliphatic rings. The number of aromatic nitrogens is 3. The van der Waals surface area contributed by atoms with Crippen molar-refractivity contribution >= 4 is 11.9 Å². The standard InChI is InChI=1S/C16H31N5/c1-4-7-8-9-10-11-12-13-14-19-15(17-5-2)21-16(20-14)18-6-3/h4-13H2,1-3H3,(H2,17,18,19,20,21). The van der Waals surface area contributed by atoms with Crippen molar-refractivity contribution < 1.29 is 0 Å². The maximum atomic E-state index is 4.48. The number of hydrogen-bond donors (Lipinski definition) is 2. The first-order chi connectivity index (χ1) is 10.3. The molecule has 120 valence electrons.